The highest BCUT2D eigenvalue weighted by Gasteiger charge is 2.53. The van der Waals surface area contributed by atoms with Crippen molar-refractivity contribution >= 4 is 17.5 Å². The lowest BCUT2D eigenvalue weighted by Crippen LogP contribution is -2.35. The lowest BCUT2D eigenvalue weighted by atomic mass is 9.84. The zero-order valence-electron chi connectivity index (χ0n) is 11.8. The second kappa shape index (κ2) is 4.70. The van der Waals surface area contributed by atoms with Crippen LogP contribution in [0.25, 0.3) is 0 Å². The first kappa shape index (κ1) is 13.3. The Morgan fingerprint density at radius 3 is 2.50 bits per heavy atom. The molecule has 2 amide bonds. The smallest absolute Gasteiger partial charge is 0.240 e. The first-order chi connectivity index (χ1) is 9.55. The van der Waals surface area contributed by atoms with Gasteiger partial charge in [0.15, 0.2) is 0 Å². The third kappa shape index (κ3) is 1.86. The Morgan fingerprint density at radius 2 is 1.85 bits per heavy atom. The number of hydrogen-bond donors (Lipinski definition) is 1. The number of carbonyl (C=O) groups is 2. The Hall–Kier alpha value is -1.68. The molecule has 1 unspecified atom stereocenters. The summed E-state index contributed by atoms with van der Waals surface area (Å²) in [4.78, 5) is 26.5. The van der Waals surface area contributed by atoms with E-state index in [0.29, 0.717) is 12.1 Å². The summed E-state index contributed by atoms with van der Waals surface area (Å²) in [5.41, 5.74) is 7.06. The molecule has 20 heavy (non-hydrogen) atoms. The van der Waals surface area contributed by atoms with E-state index < -0.39 is 5.41 Å². The number of hydrogen-bond acceptors (Lipinski definition) is 3. The van der Waals surface area contributed by atoms with Gasteiger partial charge in [-0.2, -0.15) is 0 Å². The van der Waals surface area contributed by atoms with Gasteiger partial charge in [0.2, 0.25) is 11.8 Å². The summed E-state index contributed by atoms with van der Waals surface area (Å²) in [7, 11) is 0. The third-order valence-electron chi connectivity index (χ3n) is 4.62. The van der Waals surface area contributed by atoms with Crippen LogP contribution in [-0.2, 0) is 9.59 Å². The predicted octanol–water partition coefficient (Wildman–Crippen LogP) is 2.53. The molecule has 106 valence electrons. The maximum Gasteiger partial charge on any atom is 0.240 e. The zero-order chi connectivity index (χ0) is 14.3. The van der Waals surface area contributed by atoms with Gasteiger partial charge in [0, 0.05) is 12.5 Å². The molecule has 0 radical (unpaired) electrons. The van der Waals surface area contributed by atoms with Crippen molar-refractivity contribution in [2.45, 2.75) is 45.1 Å². The van der Waals surface area contributed by atoms with Crippen molar-refractivity contribution in [3.63, 3.8) is 0 Å². The topological polar surface area (TPSA) is 63.4 Å². The number of carbonyl (C=O) groups excluding carboxylic acids is 2. The van der Waals surface area contributed by atoms with Crippen LogP contribution in [0.3, 0.4) is 0 Å². The number of nitrogens with zero attached hydrogens (tertiary/aromatic N) is 1. The van der Waals surface area contributed by atoms with E-state index in [-0.39, 0.29) is 17.9 Å². The summed E-state index contributed by atoms with van der Waals surface area (Å²) in [5, 5.41) is 0. The second-order valence-corrected chi connectivity index (χ2v) is 6.05. The molecule has 2 N–H and O–H groups in total. The van der Waals surface area contributed by atoms with E-state index in [1.807, 2.05) is 31.2 Å². The van der Waals surface area contributed by atoms with Crippen LogP contribution in [0, 0.1) is 5.41 Å². The van der Waals surface area contributed by atoms with Crippen molar-refractivity contribution in [1.82, 2.24) is 0 Å². The monoisotopic (exact) mass is 272 g/mol. The summed E-state index contributed by atoms with van der Waals surface area (Å²) < 4.78 is 0. The van der Waals surface area contributed by atoms with Gasteiger partial charge in [0.1, 0.15) is 0 Å². The van der Waals surface area contributed by atoms with Crippen molar-refractivity contribution in [3.8, 4) is 0 Å². The highest BCUT2D eigenvalue weighted by atomic mass is 16.2. The molecule has 1 atom stereocenters. The molecule has 1 aromatic rings. The summed E-state index contributed by atoms with van der Waals surface area (Å²) in [5.74, 6) is -0.0990. The van der Waals surface area contributed by atoms with Crippen LogP contribution >= 0.6 is 0 Å². The molecule has 3 rings (SSSR count). The Bertz CT molecular complexity index is 559. The second-order valence-electron chi connectivity index (χ2n) is 6.05. The van der Waals surface area contributed by atoms with Crippen LogP contribution in [0.5, 0.6) is 0 Å². The molecule has 1 aliphatic heterocycles. The van der Waals surface area contributed by atoms with Crippen LogP contribution in [0.4, 0.5) is 5.69 Å². The summed E-state index contributed by atoms with van der Waals surface area (Å²) in [6, 6.07) is 7.25. The molecule has 0 bridgehead atoms. The van der Waals surface area contributed by atoms with Crippen LogP contribution in [0.1, 0.15) is 50.6 Å². The molecule has 0 aromatic heterocycles. The van der Waals surface area contributed by atoms with Gasteiger partial charge >= 0.3 is 0 Å². The summed E-state index contributed by atoms with van der Waals surface area (Å²) in [6.07, 6.45) is 4.13. The normalized spacial score (nSPS) is 22.8. The van der Waals surface area contributed by atoms with Gasteiger partial charge < -0.3 is 5.73 Å². The van der Waals surface area contributed by atoms with Crippen LogP contribution in [0.2, 0.25) is 0 Å². The molecule has 1 heterocycles. The van der Waals surface area contributed by atoms with E-state index in [0.717, 1.165) is 31.2 Å². The predicted molar refractivity (Wildman–Crippen MR) is 77.1 cm³/mol. The fourth-order valence-electron chi connectivity index (χ4n) is 3.56. The Morgan fingerprint density at radius 1 is 1.20 bits per heavy atom. The molecule has 4 nitrogen and oxygen atoms in total. The van der Waals surface area contributed by atoms with Gasteiger partial charge in [-0.05, 0) is 31.4 Å². The van der Waals surface area contributed by atoms with E-state index in [9.17, 15) is 9.59 Å². The molecular formula is C16H20N2O2. The lowest BCUT2D eigenvalue weighted by Gasteiger charge is -2.23. The average Bonchev–Trinajstić information content (AvgIpc) is 2.97. The van der Waals surface area contributed by atoms with Crippen molar-refractivity contribution in [2.24, 2.45) is 11.1 Å². The maximum absolute atomic E-state index is 12.8. The van der Waals surface area contributed by atoms with Gasteiger partial charge in [-0.15, -0.1) is 0 Å². The molecule has 2 fully saturated rings. The maximum atomic E-state index is 12.8. The number of anilines is 1. The first-order valence-corrected chi connectivity index (χ1v) is 7.27. The number of benzene rings is 1. The molecule has 4 heteroatoms. The number of para-hydroxylation sites is 1. The highest BCUT2D eigenvalue weighted by molar-refractivity contribution is 6.23. The van der Waals surface area contributed by atoms with E-state index in [4.69, 9.17) is 5.73 Å². The van der Waals surface area contributed by atoms with E-state index in [1.165, 1.54) is 4.90 Å². The quantitative estimate of drug-likeness (QED) is 0.841. The molecule has 1 aromatic carbocycles. The van der Waals surface area contributed by atoms with E-state index in [2.05, 4.69) is 0 Å². The summed E-state index contributed by atoms with van der Waals surface area (Å²) in [6.45, 7) is 1.87. The van der Waals surface area contributed by atoms with Gasteiger partial charge in [-0.3, -0.25) is 9.59 Å². The van der Waals surface area contributed by atoms with Crippen LogP contribution < -0.4 is 10.6 Å². The molecule has 1 saturated carbocycles. The fourth-order valence-corrected chi connectivity index (χ4v) is 3.56. The van der Waals surface area contributed by atoms with Crippen molar-refractivity contribution in [3.05, 3.63) is 29.8 Å². The Balaban J connectivity index is 2.03. The third-order valence-corrected chi connectivity index (χ3v) is 4.62. The van der Waals surface area contributed by atoms with E-state index in [1.54, 1.807) is 0 Å². The average molecular weight is 272 g/mol. The van der Waals surface area contributed by atoms with Gasteiger partial charge in [0.05, 0.1) is 11.1 Å². The van der Waals surface area contributed by atoms with Gasteiger partial charge in [-0.25, -0.2) is 4.90 Å². The molecule has 1 aliphatic carbocycles. The number of nitrogens with two attached hydrogens (primary N) is 1. The fraction of sp³-hybridized carbons (Fsp3) is 0.500. The minimum absolute atomic E-state index is 0.0203. The highest BCUT2D eigenvalue weighted by Crippen LogP contribution is 2.48. The van der Waals surface area contributed by atoms with Gasteiger partial charge in [-0.1, -0.05) is 31.0 Å². The SMILES string of the molecule is CC(N)c1ccccc1N1C(=O)CC2(CCCC2)C1=O. The van der Waals surface area contributed by atoms with Crippen LogP contribution in [0.15, 0.2) is 24.3 Å². The minimum atomic E-state index is -0.429. The lowest BCUT2D eigenvalue weighted by molar-refractivity contribution is -0.125. The first-order valence-electron chi connectivity index (χ1n) is 7.27. The molecule has 1 saturated heterocycles. The summed E-state index contributed by atoms with van der Waals surface area (Å²) >= 11 is 0. The molecule has 1 spiro atoms. The van der Waals surface area contributed by atoms with Gasteiger partial charge in [0.25, 0.3) is 0 Å². The molecule has 2 aliphatic rings. The van der Waals surface area contributed by atoms with Crippen molar-refractivity contribution in [2.75, 3.05) is 4.90 Å². The Labute approximate surface area is 118 Å². The standard InChI is InChI=1S/C16H20N2O2/c1-11(17)12-6-2-3-7-13(12)18-14(19)10-16(15(18)20)8-4-5-9-16/h2-3,6-7,11H,4-5,8-10,17H2,1H3. The van der Waals surface area contributed by atoms with Crippen molar-refractivity contribution in [1.29, 1.82) is 0 Å². The zero-order valence-corrected chi connectivity index (χ0v) is 11.8. The molecular weight excluding hydrogens is 252 g/mol. The van der Waals surface area contributed by atoms with Crippen LogP contribution in [-0.4, -0.2) is 11.8 Å². The number of amides is 2. The van der Waals surface area contributed by atoms with E-state index >= 15 is 0 Å². The number of rotatable bonds is 2. The van der Waals surface area contributed by atoms with Crippen molar-refractivity contribution < 1.29 is 9.59 Å². The largest absolute Gasteiger partial charge is 0.324 e. The minimum Gasteiger partial charge on any atom is -0.324 e. The number of imide groups is 1. The Kier molecular flexibility index (Phi) is 3.13.